The number of aliphatic hydroxyl groups is 1. The van der Waals surface area contributed by atoms with Crippen LogP contribution in [0, 0.1) is 0 Å². The molecular formula is C28H31N3O6S. The number of aromatic amines is 1. The molecule has 0 aliphatic carbocycles. The van der Waals surface area contributed by atoms with E-state index in [4.69, 9.17) is 14.6 Å². The average Bonchev–Trinajstić information content (AvgIpc) is 3.23. The molecule has 0 atom stereocenters. The van der Waals surface area contributed by atoms with Crippen molar-refractivity contribution in [3.8, 4) is 22.8 Å². The second-order valence-corrected chi connectivity index (χ2v) is 11.4. The molecule has 0 radical (unpaired) electrons. The first-order chi connectivity index (χ1) is 18.0. The lowest BCUT2D eigenvalue weighted by atomic mass is 9.87. The maximum atomic E-state index is 13.2. The Kier molecular flexibility index (Phi) is 7.66. The van der Waals surface area contributed by atoms with Gasteiger partial charge in [0.1, 0.15) is 5.75 Å². The molecule has 9 nitrogen and oxygen atoms in total. The van der Waals surface area contributed by atoms with Gasteiger partial charge in [-0.25, -0.2) is 13.2 Å². The van der Waals surface area contributed by atoms with Crippen LogP contribution in [-0.2, 0) is 15.4 Å². The van der Waals surface area contributed by atoms with Gasteiger partial charge in [0.05, 0.1) is 24.2 Å². The predicted molar refractivity (Wildman–Crippen MR) is 147 cm³/mol. The SMILES string of the molecule is COc1cccc(-c2c(OC(=O)NCCO)[nH]c3ccc(NS(=O)(=O)c4ccc(C(C)(C)C)cc4)cc23)c1. The molecule has 200 valence electrons. The number of methoxy groups -OCH3 is 1. The van der Waals surface area contributed by atoms with Crippen molar-refractivity contribution in [1.82, 2.24) is 10.3 Å². The summed E-state index contributed by atoms with van der Waals surface area (Å²) in [5.41, 5.74) is 3.15. The molecule has 4 rings (SSSR count). The van der Waals surface area contributed by atoms with Crippen molar-refractivity contribution in [2.75, 3.05) is 25.0 Å². The first-order valence-electron chi connectivity index (χ1n) is 12.0. The smallest absolute Gasteiger partial charge is 0.413 e. The summed E-state index contributed by atoms with van der Waals surface area (Å²) in [5, 5.41) is 12.1. The minimum Gasteiger partial charge on any atom is -0.497 e. The molecule has 0 saturated heterocycles. The molecule has 1 heterocycles. The summed E-state index contributed by atoms with van der Waals surface area (Å²) in [6.07, 6.45) is -0.741. The minimum atomic E-state index is -3.85. The highest BCUT2D eigenvalue weighted by Crippen LogP contribution is 2.40. The second kappa shape index (κ2) is 10.8. The number of carbonyl (C=O) groups excluding carboxylic acids is 1. The van der Waals surface area contributed by atoms with E-state index in [-0.39, 0.29) is 29.3 Å². The van der Waals surface area contributed by atoms with Crippen LogP contribution in [0.25, 0.3) is 22.0 Å². The number of rotatable bonds is 8. The average molecular weight is 538 g/mol. The Morgan fingerprint density at radius 3 is 2.42 bits per heavy atom. The Hall–Kier alpha value is -4.02. The van der Waals surface area contributed by atoms with Gasteiger partial charge in [0.25, 0.3) is 10.0 Å². The largest absolute Gasteiger partial charge is 0.497 e. The lowest BCUT2D eigenvalue weighted by Crippen LogP contribution is -2.29. The number of hydrogen-bond donors (Lipinski definition) is 4. The maximum Gasteiger partial charge on any atom is 0.413 e. The number of carbonyl (C=O) groups is 1. The fraction of sp³-hybridized carbons (Fsp3) is 0.250. The Morgan fingerprint density at radius 1 is 1.03 bits per heavy atom. The van der Waals surface area contributed by atoms with Gasteiger partial charge in [-0.2, -0.15) is 0 Å². The Balaban J connectivity index is 1.74. The van der Waals surface area contributed by atoms with Crippen molar-refractivity contribution in [2.45, 2.75) is 31.1 Å². The van der Waals surface area contributed by atoms with E-state index in [9.17, 15) is 13.2 Å². The summed E-state index contributed by atoms with van der Waals surface area (Å²) in [5.74, 6) is 0.768. The lowest BCUT2D eigenvalue weighted by Gasteiger charge is -2.19. The fourth-order valence-corrected chi connectivity index (χ4v) is 5.06. The van der Waals surface area contributed by atoms with Crippen LogP contribution in [0.1, 0.15) is 26.3 Å². The summed E-state index contributed by atoms with van der Waals surface area (Å²) in [4.78, 5) is 15.5. The van der Waals surface area contributed by atoms with E-state index in [2.05, 4.69) is 35.8 Å². The molecular weight excluding hydrogens is 506 g/mol. The minimum absolute atomic E-state index is 0.0379. The molecule has 3 aromatic carbocycles. The number of aliphatic hydroxyl groups excluding tert-OH is 1. The zero-order valence-electron chi connectivity index (χ0n) is 21.7. The zero-order chi connectivity index (χ0) is 27.5. The molecule has 0 aliphatic heterocycles. The van der Waals surface area contributed by atoms with E-state index in [1.54, 1.807) is 55.6 Å². The highest BCUT2D eigenvalue weighted by molar-refractivity contribution is 7.92. The number of sulfonamides is 1. The summed E-state index contributed by atoms with van der Waals surface area (Å²) in [7, 11) is -2.30. The molecule has 4 aromatic rings. The van der Waals surface area contributed by atoms with E-state index in [1.807, 2.05) is 18.2 Å². The van der Waals surface area contributed by atoms with Crippen LogP contribution in [0.5, 0.6) is 11.6 Å². The zero-order valence-corrected chi connectivity index (χ0v) is 22.5. The van der Waals surface area contributed by atoms with Gasteiger partial charge >= 0.3 is 6.09 Å². The van der Waals surface area contributed by atoms with Crippen LogP contribution in [0.15, 0.2) is 71.6 Å². The van der Waals surface area contributed by atoms with E-state index in [0.717, 1.165) is 5.56 Å². The first kappa shape index (κ1) is 27.0. The molecule has 0 unspecified atom stereocenters. The van der Waals surface area contributed by atoms with Crippen molar-refractivity contribution in [2.24, 2.45) is 0 Å². The van der Waals surface area contributed by atoms with Crippen LogP contribution in [0.3, 0.4) is 0 Å². The number of benzene rings is 3. The molecule has 1 amide bonds. The van der Waals surface area contributed by atoms with Gasteiger partial charge in [0, 0.05) is 23.1 Å². The summed E-state index contributed by atoms with van der Waals surface area (Å²) in [6.45, 7) is 6.00. The van der Waals surface area contributed by atoms with Crippen molar-refractivity contribution >= 4 is 32.7 Å². The molecule has 0 spiro atoms. The summed E-state index contributed by atoms with van der Waals surface area (Å²) in [6, 6.07) is 19.0. The standard InChI is InChI=1S/C28H31N3O6S/c1-28(2,3)19-8-11-22(12-9-19)38(34,35)31-20-10-13-24-23(17-20)25(18-6-5-7-21(16-18)36-4)26(30-24)37-27(33)29-14-15-32/h5-13,16-17,30-32H,14-15H2,1-4H3,(H,29,33). The van der Waals surface area contributed by atoms with Gasteiger partial charge in [-0.3, -0.25) is 4.72 Å². The third-order valence-corrected chi connectivity index (χ3v) is 7.38. The van der Waals surface area contributed by atoms with Crippen molar-refractivity contribution in [3.63, 3.8) is 0 Å². The number of hydrogen-bond acceptors (Lipinski definition) is 6. The monoisotopic (exact) mass is 537 g/mol. The van der Waals surface area contributed by atoms with Gasteiger partial charge in [-0.05, 0) is 59.0 Å². The van der Waals surface area contributed by atoms with Crippen LogP contribution < -0.4 is 19.5 Å². The number of aromatic nitrogens is 1. The Labute approximate surface area is 221 Å². The van der Waals surface area contributed by atoms with Gasteiger partial charge in [0.2, 0.25) is 5.88 Å². The maximum absolute atomic E-state index is 13.2. The molecule has 10 heteroatoms. The van der Waals surface area contributed by atoms with Gasteiger partial charge < -0.3 is 24.9 Å². The normalized spacial score (nSPS) is 11.8. The van der Waals surface area contributed by atoms with Crippen LogP contribution >= 0.6 is 0 Å². The highest BCUT2D eigenvalue weighted by Gasteiger charge is 2.21. The first-order valence-corrected chi connectivity index (χ1v) is 13.5. The quantitative estimate of drug-likeness (QED) is 0.250. The molecule has 0 fully saturated rings. The van der Waals surface area contributed by atoms with Crippen molar-refractivity contribution < 1.29 is 27.8 Å². The Bertz CT molecular complexity index is 1550. The van der Waals surface area contributed by atoms with Crippen molar-refractivity contribution in [3.05, 3.63) is 72.3 Å². The third kappa shape index (κ3) is 5.92. The number of amides is 1. The van der Waals surface area contributed by atoms with Crippen molar-refractivity contribution in [1.29, 1.82) is 0 Å². The predicted octanol–water partition coefficient (Wildman–Crippen LogP) is 5.02. The third-order valence-electron chi connectivity index (χ3n) is 5.98. The molecule has 4 N–H and O–H groups in total. The number of anilines is 1. The molecule has 0 aliphatic rings. The Morgan fingerprint density at radius 2 is 1.76 bits per heavy atom. The lowest BCUT2D eigenvalue weighted by molar-refractivity contribution is 0.194. The number of fused-ring (bicyclic) bond motifs is 1. The number of nitrogens with one attached hydrogen (secondary N) is 3. The summed E-state index contributed by atoms with van der Waals surface area (Å²) < 4.78 is 39.8. The molecule has 0 saturated carbocycles. The number of H-pyrrole nitrogens is 1. The van der Waals surface area contributed by atoms with E-state index >= 15 is 0 Å². The van der Waals surface area contributed by atoms with E-state index in [0.29, 0.717) is 33.5 Å². The molecule has 1 aromatic heterocycles. The van der Waals surface area contributed by atoms with E-state index < -0.39 is 16.1 Å². The highest BCUT2D eigenvalue weighted by atomic mass is 32.2. The van der Waals surface area contributed by atoms with Gasteiger partial charge in [0.15, 0.2) is 0 Å². The second-order valence-electron chi connectivity index (χ2n) is 9.74. The van der Waals surface area contributed by atoms with Crippen LogP contribution in [0.4, 0.5) is 10.5 Å². The molecule has 0 bridgehead atoms. The number of ether oxygens (including phenoxy) is 2. The topological polar surface area (TPSA) is 130 Å². The van der Waals surface area contributed by atoms with Crippen LogP contribution in [0.2, 0.25) is 0 Å². The van der Waals surface area contributed by atoms with Gasteiger partial charge in [-0.1, -0.05) is 45.0 Å². The van der Waals surface area contributed by atoms with Gasteiger partial charge in [-0.15, -0.1) is 0 Å². The fourth-order valence-electron chi connectivity index (χ4n) is 4.01. The van der Waals surface area contributed by atoms with E-state index in [1.165, 1.54) is 0 Å². The van der Waals surface area contributed by atoms with Crippen LogP contribution in [-0.4, -0.2) is 44.9 Å². The summed E-state index contributed by atoms with van der Waals surface area (Å²) >= 11 is 0. The molecule has 38 heavy (non-hydrogen) atoms.